The van der Waals surface area contributed by atoms with Gasteiger partial charge in [0.15, 0.2) is 5.96 Å². The molecule has 1 spiro atoms. The van der Waals surface area contributed by atoms with E-state index in [4.69, 9.17) is 10.5 Å². The number of nitrogens with zero attached hydrogens (tertiary/aromatic N) is 2. The number of imide groups is 1. The molecule has 4 N–H and O–H groups in total. The summed E-state index contributed by atoms with van der Waals surface area (Å²) in [5, 5.41) is 5.80. The van der Waals surface area contributed by atoms with Crippen molar-refractivity contribution in [1.82, 2.24) is 10.2 Å². The second-order valence-electron chi connectivity index (χ2n) is 6.30. The number of hydrogen-bond donors (Lipinski definition) is 3. The monoisotopic (exact) mass is 345 g/mol. The van der Waals surface area contributed by atoms with Gasteiger partial charge < -0.3 is 21.1 Å². The minimum Gasteiger partial charge on any atom is -0.497 e. The molecule has 2 fully saturated rings. The first-order valence-corrected chi connectivity index (χ1v) is 8.39. The summed E-state index contributed by atoms with van der Waals surface area (Å²) in [6.45, 7) is 0.463. The van der Waals surface area contributed by atoms with Crippen molar-refractivity contribution in [2.75, 3.05) is 25.5 Å². The van der Waals surface area contributed by atoms with E-state index in [2.05, 4.69) is 15.6 Å². The molecule has 1 aromatic rings. The van der Waals surface area contributed by atoms with E-state index in [-0.39, 0.29) is 31.0 Å². The molecule has 0 bridgehead atoms. The normalized spacial score (nSPS) is 19.4. The van der Waals surface area contributed by atoms with E-state index in [0.29, 0.717) is 5.75 Å². The molecule has 8 nitrogen and oxygen atoms in total. The summed E-state index contributed by atoms with van der Waals surface area (Å²) in [5.74, 6) is 0.791. The number of nitrogens with two attached hydrogens (primary N) is 1. The molecule has 1 saturated carbocycles. The van der Waals surface area contributed by atoms with Gasteiger partial charge in [-0.05, 0) is 25.0 Å². The number of rotatable bonds is 5. The number of guanidine groups is 1. The van der Waals surface area contributed by atoms with Gasteiger partial charge in [-0.3, -0.25) is 14.7 Å². The molecule has 0 unspecified atom stereocenters. The zero-order valence-corrected chi connectivity index (χ0v) is 14.2. The first kappa shape index (κ1) is 17.1. The Hall–Kier alpha value is -2.77. The number of anilines is 1. The van der Waals surface area contributed by atoms with Gasteiger partial charge in [0.1, 0.15) is 11.3 Å². The van der Waals surface area contributed by atoms with Gasteiger partial charge in [0.25, 0.3) is 5.91 Å². The van der Waals surface area contributed by atoms with Crippen molar-refractivity contribution < 1.29 is 14.3 Å². The van der Waals surface area contributed by atoms with Crippen LogP contribution in [0, 0.1) is 0 Å². The summed E-state index contributed by atoms with van der Waals surface area (Å²) in [4.78, 5) is 30.0. The molecular weight excluding hydrogens is 322 g/mol. The lowest BCUT2D eigenvalue weighted by Gasteiger charge is -2.19. The van der Waals surface area contributed by atoms with E-state index in [0.717, 1.165) is 31.4 Å². The summed E-state index contributed by atoms with van der Waals surface area (Å²) in [6.07, 6.45) is 3.37. The predicted molar refractivity (Wildman–Crippen MR) is 94.5 cm³/mol. The molecule has 0 radical (unpaired) electrons. The number of carbonyl (C=O) groups is 2. The quantitative estimate of drug-likeness (QED) is 0.423. The fourth-order valence-corrected chi connectivity index (χ4v) is 3.36. The van der Waals surface area contributed by atoms with Gasteiger partial charge in [-0.2, -0.15) is 0 Å². The van der Waals surface area contributed by atoms with Crippen LogP contribution < -0.4 is 21.1 Å². The molecule has 2 aliphatic rings. The lowest BCUT2D eigenvalue weighted by Crippen LogP contribution is -2.44. The molecule has 3 amide bonds. The fraction of sp³-hybridized carbons (Fsp3) is 0.471. The molecular formula is C17H23N5O3. The van der Waals surface area contributed by atoms with Crippen LogP contribution >= 0.6 is 0 Å². The van der Waals surface area contributed by atoms with Crippen LogP contribution in [0.4, 0.5) is 10.5 Å². The molecule has 0 aromatic heterocycles. The summed E-state index contributed by atoms with van der Waals surface area (Å²) in [6, 6.07) is 6.97. The van der Waals surface area contributed by atoms with E-state index in [9.17, 15) is 9.59 Å². The van der Waals surface area contributed by atoms with Gasteiger partial charge >= 0.3 is 6.03 Å². The van der Waals surface area contributed by atoms with Gasteiger partial charge in [-0.1, -0.05) is 18.9 Å². The van der Waals surface area contributed by atoms with Crippen molar-refractivity contribution in [1.29, 1.82) is 0 Å². The third kappa shape index (κ3) is 3.52. The topological polar surface area (TPSA) is 109 Å². The van der Waals surface area contributed by atoms with Crippen LogP contribution in [0.1, 0.15) is 25.7 Å². The van der Waals surface area contributed by atoms with Crippen LogP contribution in [0.25, 0.3) is 0 Å². The van der Waals surface area contributed by atoms with Crippen molar-refractivity contribution in [2.24, 2.45) is 10.7 Å². The molecule has 25 heavy (non-hydrogen) atoms. The second kappa shape index (κ2) is 7.00. The van der Waals surface area contributed by atoms with Crippen molar-refractivity contribution >= 4 is 23.6 Å². The van der Waals surface area contributed by atoms with Crippen LogP contribution in [-0.2, 0) is 4.79 Å². The maximum atomic E-state index is 12.5. The third-order valence-electron chi connectivity index (χ3n) is 4.65. The van der Waals surface area contributed by atoms with Crippen LogP contribution in [0.2, 0.25) is 0 Å². The summed E-state index contributed by atoms with van der Waals surface area (Å²) in [5.41, 5.74) is 5.94. The maximum absolute atomic E-state index is 12.5. The van der Waals surface area contributed by atoms with Gasteiger partial charge in [-0.15, -0.1) is 0 Å². The highest BCUT2D eigenvalue weighted by Crippen LogP contribution is 2.34. The van der Waals surface area contributed by atoms with Gasteiger partial charge in [0.05, 0.1) is 20.2 Å². The zero-order chi connectivity index (χ0) is 17.9. The molecule has 134 valence electrons. The molecule has 1 aliphatic heterocycles. The average molecular weight is 345 g/mol. The number of nitrogens with one attached hydrogen (secondary N) is 2. The number of amides is 3. The van der Waals surface area contributed by atoms with Gasteiger partial charge in [-0.25, -0.2) is 4.79 Å². The minimum atomic E-state index is -0.675. The van der Waals surface area contributed by atoms with Crippen LogP contribution in [0.3, 0.4) is 0 Å². The van der Waals surface area contributed by atoms with Crippen molar-refractivity contribution in [3.8, 4) is 5.75 Å². The molecule has 1 aromatic carbocycles. The Morgan fingerprint density at radius 2 is 2.16 bits per heavy atom. The van der Waals surface area contributed by atoms with Crippen LogP contribution in [-0.4, -0.2) is 48.5 Å². The summed E-state index contributed by atoms with van der Waals surface area (Å²) < 4.78 is 5.15. The molecule has 1 saturated heterocycles. The first-order chi connectivity index (χ1) is 12.0. The highest BCUT2D eigenvalue weighted by Gasteiger charge is 2.52. The van der Waals surface area contributed by atoms with Crippen LogP contribution in [0.5, 0.6) is 5.75 Å². The second-order valence-corrected chi connectivity index (χ2v) is 6.30. The summed E-state index contributed by atoms with van der Waals surface area (Å²) >= 11 is 0. The predicted octanol–water partition coefficient (Wildman–Crippen LogP) is 1.29. The number of carbonyl (C=O) groups excluding carboxylic acids is 2. The number of benzene rings is 1. The van der Waals surface area contributed by atoms with Gasteiger partial charge in [0, 0.05) is 11.8 Å². The van der Waals surface area contributed by atoms with E-state index >= 15 is 0 Å². The largest absolute Gasteiger partial charge is 0.497 e. The smallest absolute Gasteiger partial charge is 0.325 e. The first-order valence-electron chi connectivity index (χ1n) is 8.39. The lowest BCUT2D eigenvalue weighted by molar-refractivity contribution is -0.131. The molecule has 1 heterocycles. The lowest BCUT2D eigenvalue weighted by atomic mass is 9.98. The highest BCUT2D eigenvalue weighted by atomic mass is 16.5. The Balaban J connectivity index is 1.55. The Morgan fingerprint density at radius 3 is 2.88 bits per heavy atom. The van der Waals surface area contributed by atoms with E-state index in [1.807, 2.05) is 18.2 Å². The molecule has 8 heteroatoms. The van der Waals surface area contributed by atoms with E-state index in [1.165, 1.54) is 4.90 Å². The Kier molecular flexibility index (Phi) is 4.78. The number of hydrogen-bond acceptors (Lipinski definition) is 4. The fourth-order valence-electron chi connectivity index (χ4n) is 3.36. The Bertz CT molecular complexity index is 697. The number of aliphatic imine (C=N–C) groups is 1. The summed E-state index contributed by atoms with van der Waals surface area (Å²) in [7, 11) is 1.59. The minimum absolute atomic E-state index is 0.135. The number of ether oxygens (including phenoxy) is 1. The SMILES string of the molecule is COc1cccc(NC(N)=NCCN2C(=O)NC3(CCCC3)C2=O)c1. The third-order valence-corrected chi connectivity index (χ3v) is 4.65. The van der Waals surface area contributed by atoms with Crippen molar-refractivity contribution in [2.45, 2.75) is 31.2 Å². The van der Waals surface area contributed by atoms with Crippen LogP contribution in [0.15, 0.2) is 29.3 Å². The maximum Gasteiger partial charge on any atom is 0.325 e. The molecule has 1 aliphatic carbocycles. The van der Waals surface area contributed by atoms with E-state index in [1.54, 1.807) is 13.2 Å². The standard InChI is InChI=1S/C17H23N5O3/c1-25-13-6-4-5-12(11-13)20-15(18)19-9-10-22-14(23)17(21-16(22)24)7-2-3-8-17/h4-6,11H,2-3,7-10H2,1H3,(H,21,24)(H3,18,19,20). The van der Waals surface area contributed by atoms with Crippen molar-refractivity contribution in [3.05, 3.63) is 24.3 Å². The number of urea groups is 1. The number of methoxy groups -OCH3 is 1. The average Bonchev–Trinajstić information content (AvgIpc) is 3.15. The molecule has 0 atom stereocenters. The van der Waals surface area contributed by atoms with Gasteiger partial charge in [0.2, 0.25) is 0 Å². The Morgan fingerprint density at radius 1 is 1.40 bits per heavy atom. The zero-order valence-electron chi connectivity index (χ0n) is 14.2. The van der Waals surface area contributed by atoms with E-state index < -0.39 is 5.54 Å². The van der Waals surface area contributed by atoms with Crippen molar-refractivity contribution in [3.63, 3.8) is 0 Å². The Labute approximate surface area is 146 Å². The molecule has 3 rings (SSSR count). The highest BCUT2D eigenvalue weighted by molar-refractivity contribution is 6.07.